The second-order valence-corrected chi connectivity index (χ2v) is 7.07. The largest absolute Gasteiger partial charge is 0.381 e. The Morgan fingerprint density at radius 2 is 1.90 bits per heavy atom. The molecule has 2 unspecified atom stereocenters. The highest BCUT2D eigenvalue weighted by Gasteiger charge is 2.29. The van der Waals surface area contributed by atoms with Crippen molar-refractivity contribution in [3.05, 3.63) is 0 Å². The normalized spacial score (nSPS) is 27.3. The van der Waals surface area contributed by atoms with E-state index in [1.54, 1.807) is 0 Å². The van der Waals surface area contributed by atoms with Gasteiger partial charge in [-0.1, -0.05) is 20.8 Å². The highest BCUT2D eigenvalue weighted by molar-refractivity contribution is 4.84. The predicted octanol–water partition coefficient (Wildman–Crippen LogP) is 2.76. The van der Waals surface area contributed by atoms with Gasteiger partial charge in [0.2, 0.25) is 0 Å². The minimum absolute atomic E-state index is 0.632. The molecule has 0 radical (unpaired) electrons. The number of ether oxygens (including phenoxy) is 1. The molecule has 0 aliphatic carbocycles. The monoisotopic (exact) mass is 282 g/mol. The lowest BCUT2D eigenvalue weighted by atomic mass is 9.86. The van der Waals surface area contributed by atoms with E-state index in [4.69, 9.17) is 4.74 Å². The van der Waals surface area contributed by atoms with Crippen LogP contribution in [0.25, 0.3) is 0 Å². The standard InChI is InChI=1S/C17H34N2O/c1-4-8-18-17(16-7-11-20-13-16)12-19-9-5-15(6-10-19)14(2)3/h14-18H,4-13H2,1-3H3. The highest BCUT2D eigenvalue weighted by Crippen LogP contribution is 2.25. The molecule has 2 heterocycles. The smallest absolute Gasteiger partial charge is 0.0510 e. The lowest BCUT2D eigenvalue weighted by Gasteiger charge is -2.37. The maximum atomic E-state index is 5.60. The Hall–Kier alpha value is -0.120. The molecule has 0 aromatic heterocycles. The van der Waals surface area contributed by atoms with Crippen molar-refractivity contribution in [2.24, 2.45) is 17.8 Å². The van der Waals surface area contributed by atoms with Gasteiger partial charge >= 0.3 is 0 Å². The third kappa shape index (κ3) is 4.71. The first-order valence-electron chi connectivity index (χ1n) is 8.74. The molecule has 0 saturated carbocycles. The highest BCUT2D eigenvalue weighted by atomic mass is 16.5. The Bertz CT molecular complexity index is 256. The number of hydrogen-bond acceptors (Lipinski definition) is 3. The van der Waals surface area contributed by atoms with Gasteiger partial charge in [0.1, 0.15) is 0 Å². The Kier molecular flexibility index (Phi) is 6.79. The van der Waals surface area contributed by atoms with Gasteiger partial charge in [0.15, 0.2) is 0 Å². The van der Waals surface area contributed by atoms with Crippen LogP contribution in [0.4, 0.5) is 0 Å². The van der Waals surface area contributed by atoms with Crippen LogP contribution in [0, 0.1) is 17.8 Å². The first-order valence-corrected chi connectivity index (χ1v) is 8.74. The van der Waals surface area contributed by atoms with Gasteiger partial charge in [-0.05, 0) is 57.2 Å². The number of nitrogens with one attached hydrogen (secondary N) is 1. The molecule has 0 bridgehead atoms. The third-order valence-corrected chi connectivity index (χ3v) is 5.22. The maximum absolute atomic E-state index is 5.60. The summed E-state index contributed by atoms with van der Waals surface area (Å²) in [6.45, 7) is 13.9. The Morgan fingerprint density at radius 3 is 2.45 bits per heavy atom. The minimum atomic E-state index is 0.632. The van der Waals surface area contributed by atoms with Gasteiger partial charge < -0.3 is 15.0 Å². The maximum Gasteiger partial charge on any atom is 0.0510 e. The molecule has 3 heteroatoms. The van der Waals surface area contributed by atoms with Crippen LogP contribution < -0.4 is 5.32 Å². The van der Waals surface area contributed by atoms with E-state index in [1.165, 1.54) is 45.3 Å². The Labute approximate surface area is 125 Å². The predicted molar refractivity (Wildman–Crippen MR) is 85.0 cm³/mol. The van der Waals surface area contributed by atoms with Crippen LogP contribution in [0.2, 0.25) is 0 Å². The van der Waals surface area contributed by atoms with Crippen LogP contribution in [0.1, 0.15) is 46.5 Å². The quantitative estimate of drug-likeness (QED) is 0.777. The van der Waals surface area contributed by atoms with Gasteiger partial charge in [0.25, 0.3) is 0 Å². The van der Waals surface area contributed by atoms with Gasteiger partial charge in [-0.3, -0.25) is 0 Å². The summed E-state index contributed by atoms with van der Waals surface area (Å²) in [5.74, 6) is 2.53. The van der Waals surface area contributed by atoms with Crippen LogP contribution >= 0.6 is 0 Å². The zero-order valence-corrected chi connectivity index (χ0v) is 13.7. The molecule has 2 atom stereocenters. The van der Waals surface area contributed by atoms with Gasteiger partial charge in [-0.15, -0.1) is 0 Å². The molecule has 0 aromatic rings. The molecule has 2 aliphatic rings. The molecule has 2 fully saturated rings. The zero-order valence-electron chi connectivity index (χ0n) is 13.7. The molecule has 2 rings (SSSR count). The van der Waals surface area contributed by atoms with E-state index >= 15 is 0 Å². The SMILES string of the molecule is CCCNC(CN1CCC(C(C)C)CC1)C1CCOC1. The molecule has 3 nitrogen and oxygen atoms in total. The van der Waals surface area contributed by atoms with E-state index in [1.807, 2.05) is 0 Å². The molecule has 20 heavy (non-hydrogen) atoms. The fraction of sp³-hybridized carbons (Fsp3) is 1.00. The van der Waals surface area contributed by atoms with Crippen molar-refractivity contribution in [3.63, 3.8) is 0 Å². The number of hydrogen-bond donors (Lipinski definition) is 1. The summed E-state index contributed by atoms with van der Waals surface area (Å²) in [5, 5.41) is 3.77. The Balaban J connectivity index is 1.78. The third-order valence-electron chi connectivity index (χ3n) is 5.22. The van der Waals surface area contributed by atoms with E-state index in [0.717, 1.165) is 37.5 Å². The average molecular weight is 282 g/mol. The van der Waals surface area contributed by atoms with Crippen molar-refractivity contribution >= 4 is 0 Å². The van der Waals surface area contributed by atoms with Gasteiger partial charge in [0.05, 0.1) is 6.61 Å². The molecule has 0 amide bonds. The van der Waals surface area contributed by atoms with E-state index in [9.17, 15) is 0 Å². The van der Waals surface area contributed by atoms with Crippen molar-refractivity contribution < 1.29 is 4.74 Å². The van der Waals surface area contributed by atoms with Crippen molar-refractivity contribution in [2.45, 2.75) is 52.5 Å². The fourth-order valence-corrected chi connectivity index (χ4v) is 3.66. The summed E-state index contributed by atoms with van der Waals surface area (Å²) in [6, 6.07) is 0.632. The topological polar surface area (TPSA) is 24.5 Å². The fourth-order valence-electron chi connectivity index (χ4n) is 3.66. The second kappa shape index (κ2) is 8.35. The minimum Gasteiger partial charge on any atom is -0.381 e. The molecular weight excluding hydrogens is 248 g/mol. The number of likely N-dealkylation sites (tertiary alicyclic amines) is 1. The summed E-state index contributed by atoms with van der Waals surface area (Å²) < 4.78 is 5.60. The van der Waals surface area contributed by atoms with Gasteiger partial charge in [0, 0.05) is 25.1 Å². The van der Waals surface area contributed by atoms with Crippen LogP contribution in [-0.4, -0.2) is 50.3 Å². The average Bonchev–Trinajstić information content (AvgIpc) is 2.98. The van der Waals surface area contributed by atoms with Gasteiger partial charge in [-0.25, -0.2) is 0 Å². The van der Waals surface area contributed by atoms with E-state index in [0.29, 0.717) is 6.04 Å². The van der Waals surface area contributed by atoms with Crippen molar-refractivity contribution in [1.82, 2.24) is 10.2 Å². The summed E-state index contributed by atoms with van der Waals surface area (Å²) in [4.78, 5) is 2.69. The van der Waals surface area contributed by atoms with Crippen LogP contribution in [0.5, 0.6) is 0 Å². The van der Waals surface area contributed by atoms with Crippen LogP contribution in [-0.2, 0) is 4.74 Å². The number of nitrogens with zero attached hydrogens (tertiary/aromatic N) is 1. The number of rotatable bonds is 7. The first-order chi connectivity index (χ1) is 9.70. The van der Waals surface area contributed by atoms with Crippen molar-refractivity contribution in [1.29, 1.82) is 0 Å². The Morgan fingerprint density at radius 1 is 1.15 bits per heavy atom. The molecular formula is C17H34N2O. The lowest BCUT2D eigenvalue weighted by Crippen LogP contribution is -2.48. The zero-order chi connectivity index (χ0) is 14.4. The van der Waals surface area contributed by atoms with Crippen LogP contribution in [0.3, 0.4) is 0 Å². The summed E-state index contributed by atoms with van der Waals surface area (Å²) in [7, 11) is 0. The molecule has 2 aliphatic heterocycles. The summed E-state index contributed by atoms with van der Waals surface area (Å²) in [5.41, 5.74) is 0. The number of piperidine rings is 1. The molecule has 0 spiro atoms. The lowest BCUT2D eigenvalue weighted by molar-refractivity contribution is 0.125. The van der Waals surface area contributed by atoms with Crippen molar-refractivity contribution in [3.8, 4) is 0 Å². The summed E-state index contributed by atoms with van der Waals surface area (Å²) in [6.07, 6.45) is 5.24. The van der Waals surface area contributed by atoms with Crippen LogP contribution in [0.15, 0.2) is 0 Å². The second-order valence-electron chi connectivity index (χ2n) is 7.07. The van der Waals surface area contributed by atoms with Gasteiger partial charge in [-0.2, -0.15) is 0 Å². The molecule has 2 saturated heterocycles. The summed E-state index contributed by atoms with van der Waals surface area (Å²) >= 11 is 0. The van der Waals surface area contributed by atoms with Crippen molar-refractivity contribution in [2.75, 3.05) is 39.4 Å². The van der Waals surface area contributed by atoms with E-state index in [2.05, 4.69) is 31.0 Å². The molecule has 0 aromatic carbocycles. The first kappa shape index (κ1) is 16.3. The van der Waals surface area contributed by atoms with E-state index in [-0.39, 0.29) is 0 Å². The van der Waals surface area contributed by atoms with E-state index < -0.39 is 0 Å². The molecule has 118 valence electrons. The molecule has 1 N–H and O–H groups in total.